The van der Waals surface area contributed by atoms with E-state index in [1.165, 1.54) is 18.5 Å². The van der Waals surface area contributed by atoms with E-state index in [4.69, 9.17) is 4.74 Å². The first-order valence-electron chi connectivity index (χ1n) is 12.2. The lowest BCUT2D eigenvalue weighted by molar-refractivity contribution is -0.137. The van der Waals surface area contributed by atoms with E-state index in [1.54, 1.807) is 12.1 Å². The molecule has 2 N–H and O–H groups in total. The molecular formula is C27H28F4N6O2. The van der Waals surface area contributed by atoms with Gasteiger partial charge >= 0.3 is 6.18 Å². The van der Waals surface area contributed by atoms with Crippen molar-refractivity contribution in [3.63, 3.8) is 0 Å². The largest absolute Gasteiger partial charge is 0.436 e. The van der Waals surface area contributed by atoms with Crippen LogP contribution in [0.1, 0.15) is 17.0 Å². The number of aryl methyl sites for hydroxylation is 2. The van der Waals surface area contributed by atoms with Crippen LogP contribution in [0.5, 0.6) is 11.6 Å². The molecule has 0 unspecified atom stereocenters. The van der Waals surface area contributed by atoms with Gasteiger partial charge in [-0.05, 0) is 43.3 Å². The summed E-state index contributed by atoms with van der Waals surface area (Å²) in [6.45, 7) is 6.62. The van der Waals surface area contributed by atoms with E-state index in [0.29, 0.717) is 17.7 Å². The summed E-state index contributed by atoms with van der Waals surface area (Å²) < 4.78 is 58.8. The van der Waals surface area contributed by atoms with Gasteiger partial charge in [-0.1, -0.05) is 6.07 Å². The minimum Gasteiger partial charge on any atom is -0.436 e. The Balaban J connectivity index is 0.000000229. The molecule has 1 aliphatic rings. The van der Waals surface area contributed by atoms with E-state index in [1.807, 2.05) is 30.7 Å². The molecule has 4 aromatic rings. The van der Waals surface area contributed by atoms with Gasteiger partial charge in [0.2, 0.25) is 12.3 Å². The third kappa shape index (κ3) is 7.09. The SMILES string of the molecule is Cc1cc2c(F)c(Oc3cc(CN4CCNCC4)ncn3)ccc2n1C.O=CNc1cccc(C(F)(F)F)c1. The van der Waals surface area contributed by atoms with Crippen LogP contribution in [0, 0.1) is 12.7 Å². The van der Waals surface area contributed by atoms with Crippen LogP contribution in [0.4, 0.5) is 23.2 Å². The Labute approximate surface area is 222 Å². The minimum absolute atomic E-state index is 0.129. The van der Waals surface area contributed by atoms with Crippen molar-refractivity contribution in [3.8, 4) is 11.6 Å². The molecule has 3 heterocycles. The van der Waals surface area contributed by atoms with Crippen molar-refractivity contribution in [1.29, 1.82) is 0 Å². The second-order valence-electron chi connectivity index (χ2n) is 8.97. The quantitative estimate of drug-likeness (QED) is 0.266. The van der Waals surface area contributed by atoms with Gasteiger partial charge in [-0.15, -0.1) is 0 Å². The van der Waals surface area contributed by atoms with E-state index in [2.05, 4.69) is 25.5 Å². The van der Waals surface area contributed by atoms with Crippen molar-refractivity contribution in [2.45, 2.75) is 19.6 Å². The van der Waals surface area contributed by atoms with Gasteiger partial charge in [0.25, 0.3) is 0 Å². The van der Waals surface area contributed by atoms with E-state index in [9.17, 15) is 22.4 Å². The molecule has 2 aromatic carbocycles. The molecule has 8 nitrogen and oxygen atoms in total. The number of alkyl halides is 3. The van der Waals surface area contributed by atoms with Crippen LogP contribution in [0.15, 0.2) is 54.9 Å². The number of benzene rings is 2. The summed E-state index contributed by atoms with van der Waals surface area (Å²) in [4.78, 5) is 20.7. The van der Waals surface area contributed by atoms with Crippen LogP contribution in [0.25, 0.3) is 10.9 Å². The van der Waals surface area contributed by atoms with Crippen molar-refractivity contribution in [2.24, 2.45) is 7.05 Å². The molecule has 1 amide bonds. The number of halogens is 4. The second-order valence-corrected chi connectivity index (χ2v) is 8.97. The smallest absolute Gasteiger partial charge is 0.416 e. The van der Waals surface area contributed by atoms with Crippen molar-refractivity contribution >= 4 is 23.0 Å². The number of hydrogen-bond acceptors (Lipinski definition) is 6. The van der Waals surface area contributed by atoms with Crippen LogP contribution in [0.3, 0.4) is 0 Å². The van der Waals surface area contributed by atoms with Gasteiger partial charge in [-0.2, -0.15) is 13.2 Å². The fourth-order valence-electron chi connectivity index (χ4n) is 4.15. The van der Waals surface area contributed by atoms with E-state index in [0.717, 1.165) is 61.8 Å². The van der Waals surface area contributed by atoms with Crippen LogP contribution in [-0.2, 0) is 24.6 Å². The number of rotatable bonds is 6. The van der Waals surface area contributed by atoms with Crippen molar-refractivity contribution in [2.75, 3.05) is 31.5 Å². The molecule has 39 heavy (non-hydrogen) atoms. The highest BCUT2D eigenvalue weighted by atomic mass is 19.4. The monoisotopic (exact) mass is 544 g/mol. The molecule has 1 saturated heterocycles. The molecule has 0 aliphatic carbocycles. The fraction of sp³-hybridized carbons (Fsp3) is 0.296. The molecule has 1 aliphatic heterocycles. The topological polar surface area (TPSA) is 84.3 Å². The maximum atomic E-state index is 14.8. The molecule has 12 heteroatoms. The van der Waals surface area contributed by atoms with Gasteiger partial charge in [0, 0.05) is 62.6 Å². The maximum Gasteiger partial charge on any atom is 0.416 e. The molecule has 0 saturated carbocycles. The Bertz CT molecular complexity index is 1430. The number of ether oxygens (including phenoxy) is 1. The summed E-state index contributed by atoms with van der Waals surface area (Å²) in [7, 11) is 1.92. The summed E-state index contributed by atoms with van der Waals surface area (Å²) >= 11 is 0. The number of piperazine rings is 1. The van der Waals surface area contributed by atoms with Crippen molar-refractivity contribution in [1.82, 2.24) is 24.8 Å². The molecule has 2 aromatic heterocycles. The van der Waals surface area contributed by atoms with Gasteiger partial charge in [-0.3, -0.25) is 9.69 Å². The van der Waals surface area contributed by atoms with Crippen LogP contribution < -0.4 is 15.4 Å². The lowest BCUT2D eigenvalue weighted by Crippen LogP contribution is -2.43. The molecule has 0 bridgehead atoms. The van der Waals surface area contributed by atoms with Gasteiger partial charge in [0.15, 0.2) is 11.6 Å². The highest BCUT2D eigenvalue weighted by molar-refractivity contribution is 5.83. The van der Waals surface area contributed by atoms with E-state index < -0.39 is 11.7 Å². The Morgan fingerprint density at radius 2 is 1.87 bits per heavy atom. The average molecular weight is 545 g/mol. The Morgan fingerprint density at radius 1 is 1.10 bits per heavy atom. The lowest BCUT2D eigenvalue weighted by Gasteiger charge is -2.26. The summed E-state index contributed by atoms with van der Waals surface area (Å²) in [5.74, 6) is 0.166. The van der Waals surface area contributed by atoms with E-state index >= 15 is 0 Å². The predicted octanol–water partition coefficient (Wildman–Crippen LogP) is 4.89. The summed E-state index contributed by atoms with van der Waals surface area (Å²) in [6, 6.07) is 11.5. The summed E-state index contributed by atoms with van der Waals surface area (Å²) in [6.07, 6.45) is -2.58. The first kappa shape index (κ1) is 28.0. The number of fused-ring (bicyclic) bond motifs is 1. The Morgan fingerprint density at radius 3 is 2.59 bits per heavy atom. The van der Waals surface area contributed by atoms with Crippen LogP contribution in [-0.4, -0.2) is 52.0 Å². The van der Waals surface area contributed by atoms with Crippen LogP contribution in [0.2, 0.25) is 0 Å². The van der Waals surface area contributed by atoms with Crippen molar-refractivity contribution in [3.05, 3.63) is 77.6 Å². The molecule has 0 spiro atoms. The number of carbonyl (C=O) groups is 1. The zero-order valence-electron chi connectivity index (χ0n) is 21.4. The highest BCUT2D eigenvalue weighted by Gasteiger charge is 2.30. The third-order valence-electron chi connectivity index (χ3n) is 6.29. The molecule has 206 valence electrons. The first-order chi connectivity index (χ1) is 18.7. The number of aromatic nitrogens is 3. The summed E-state index contributed by atoms with van der Waals surface area (Å²) in [5, 5.41) is 6.02. The Hall–Kier alpha value is -4.03. The summed E-state index contributed by atoms with van der Waals surface area (Å²) in [5.41, 5.74) is 2.06. The fourth-order valence-corrected chi connectivity index (χ4v) is 4.15. The number of nitrogens with zero attached hydrogens (tertiary/aromatic N) is 4. The number of nitrogens with one attached hydrogen (secondary N) is 2. The third-order valence-corrected chi connectivity index (χ3v) is 6.29. The number of amides is 1. The molecule has 0 radical (unpaired) electrons. The predicted molar refractivity (Wildman–Crippen MR) is 139 cm³/mol. The molecule has 1 fully saturated rings. The van der Waals surface area contributed by atoms with Gasteiger partial charge < -0.3 is 19.9 Å². The van der Waals surface area contributed by atoms with Crippen molar-refractivity contribution < 1.29 is 27.1 Å². The Kier molecular flexibility index (Phi) is 8.77. The van der Waals surface area contributed by atoms with E-state index in [-0.39, 0.29) is 17.3 Å². The number of anilines is 1. The van der Waals surface area contributed by atoms with Gasteiger partial charge in [0.1, 0.15) is 6.33 Å². The highest BCUT2D eigenvalue weighted by Crippen LogP contribution is 2.32. The maximum absolute atomic E-state index is 14.8. The lowest BCUT2D eigenvalue weighted by atomic mass is 10.2. The van der Waals surface area contributed by atoms with Gasteiger partial charge in [-0.25, -0.2) is 14.4 Å². The first-order valence-corrected chi connectivity index (χ1v) is 12.2. The molecule has 0 atom stereocenters. The molecular weight excluding hydrogens is 516 g/mol. The standard InChI is InChI=1S/C19H22FN5O.C8H6F3NO/c1-13-9-15-16(24(13)2)3-4-17(19(15)20)26-18-10-14(22-12-23-18)11-25-7-5-21-6-8-25;9-8(10,11)6-2-1-3-7(4-6)12-5-13/h3-4,9-10,12,21H,5-8,11H2,1-2H3;1-5H,(H,12,13). The zero-order chi connectivity index (χ0) is 28.0. The number of carbonyl (C=O) groups excluding carboxylic acids is 1. The zero-order valence-corrected chi connectivity index (χ0v) is 21.4. The normalized spacial score (nSPS) is 14.0. The average Bonchev–Trinajstić information content (AvgIpc) is 3.21. The molecule has 5 rings (SSSR count). The van der Waals surface area contributed by atoms with Crippen LogP contribution >= 0.6 is 0 Å². The minimum atomic E-state index is -4.37. The number of hydrogen-bond donors (Lipinski definition) is 2. The second kappa shape index (κ2) is 12.2. The van der Waals surface area contributed by atoms with Gasteiger partial charge in [0.05, 0.1) is 16.8 Å².